The van der Waals surface area contributed by atoms with Gasteiger partial charge in [-0.15, -0.1) is 0 Å². The van der Waals surface area contributed by atoms with Gasteiger partial charge >= 0.3 is 0 Å². The van der Waals surface area contributed by atoms with Crippen molar-refractivity contribution in [1.82, 2.24) is 0 Å². The number of unbranched alkanes of at least 4 members (excludes halogenated alkanes) is 1. The van der Waals surface area contributed by atoms with Crippen molar-refractivity contribution in [3.8, 4) is 0 Å². The van der Waals surface area contributed by atoms with Gasteiger partial charge in [-0.25, -0.2) is 0 Å². The van der Waals surface area contributed by atoms with Crippen molar-refractivity contribution >= 4 is 17.1 Å². The predicted molar refractivity (Wildman–Crippen MR) is 116 cm³/mol. The number of aryl methyl sites for hydroxylation is 1. The number of rotatable bonds is 7. The van der Waals surface area contributed by atoms with Gasteiger partial charge in [0.05, 0.1) is 11.7 Å². The Kier molecular flexibility index (Phi) is 5.47. The average Bonchev–Trinajstić information content (AvgIpc) is 3.36. The molecule has 0 amide bonds. The van der Waals surface area contributed by atoms with Crippen LogP contribution in [0, 0.1) is 6.92 Å². The Morgan fingerprint density at radius 2 is 1.82 bits per heavy atom. The first-order chi connectivity index (χ1) is 13.7. The Labute approximate surface area is 166 Å². The predicted octanol–water partition coefficient (Wildman–Crippen LogP) is 6.16. The molecule has 4 nitrogen and oxygen atoms in total. The summed E-state index contributed by atoms with van der Waals surface area (Å²) in [6.45, 7) is 5.19. The summed E-state index contributed by atoms with van der Waals surface area (Å²) in [5.74, 6) is 1.77. The molecular weight excluding hydrogens is 346 g/mol. The van der Waals surface area contributed by atoms with Crippen LogP contribution >= 0.6 is 0 Å². The highest BCUT2D eigenvalue weighted by atomic mass is 16.3. The minimum Gasteiger partial charge on any atom is -0.460 e. The number of benzene rings is 2. The molecule has 0 radical (unpaired) electrons. The van der Waals surface area contributed by atoms with Gasteiger partial charge in [-0.1, -0.05) is 43.7 Å². The van der Waals surface area contributed by atoms with Crippen molar-refractivity contribution in [1.29, 1.82) is 0 Å². The topological polar surface area (TPSA) is 40.8 Å². The molecule has 1 N–H and O–H groups in total. The first kappa shape index (κ1) is 18.4. The third kappa shape index (κ3) is 3.96. The molecule has 0 spiro atoms. The normalized spacial score (nSPS) is 16.3. The fourth-order valence-electron chi connectivity index (χ4n) is 3.56. The Morgan fingerprint density at radius 3 is 2.50 bits per heavy atom. The summed E-state index contributed by atoms with van der Waals surface area (Å²) in [6, 6.07) is 23.3. The van der Waals surface area contributed by atoms with Gasteiger partial charge in [0.1, 0.15) is 17.2 Å². The zero-order chi connectivity index (χ0) is 19.3. The van der Waals surface area contributed by atoms with Crippen LogP contribution in [0.5, 0.6) is 0 Å². The zero-order valence-corrected chi connectivity index (χ0v) is 16.6. The molecule has 0 bridgehead atoms. The summed E-state index contributed by atoms with van der Waals surface area (Å²) in [5.41, 5.74) is 4.51. The van der Waals surface area contributed by atoms with Gasteiger partial charge in [0.2, 0.25) is 0 Å². The Balaban J connectivity index is 1.59. The van der Waals surface area contributed by atoms with Crippen molar-refractivity contribution in [2.24, 2.45) is 5.10 Å². The van der Waals surface area contributed by atoms with Crippen LogP contribution in [0.2, 0.25) is 0 Å². The molecule has 2 aromatic carbocycles. The Hall–Kier alpha value is -3.01. The van der Waals surface area contributed by atoms with E-state index < -0.39 is 0 Å². The SMILES string of the molecule is CCCCNc1ccc(C2CC(c3ccc(C)o3)=NN2c2ccccc2)cc1. The first-order valence-corrected chi connectivity index (χ1v) is 10.1. The largest absolute Gasteiger partial charge is 0.460 e. The molecule has 4 rings (SSSR count). The summed E-state index contributed by atoms with van der Waals surface area (Å²) in [6.07, 6.45) is 3.21. The van der Waals surface area contributed by atoms with E-state index in [4.69, 9.17) is 9.52 Å². The first-order valence-electron chi connectivity index (χ1n) is 10.1. The second-order valence-corrected chi connectivity index (χ2v) is 7.26. The van der Waals surface area contributed by atoms with E-state index in [-0.39, 0.29) is 6.04 Å². The van der Waals surface area contributed by atoms with Gasteiger partial charge in [0.15, 0.2) is 0 Å². The van der Waals surface area contributed by atoms with Crippen molar-refractivity contribution < 1.29 is 4.42 Å². The van der Waals surface area contributed by atoms with E-state index in [1.807, 2.05) is 25.1 Å². The number of nitrogens with one attached hydrogen (secondary N) is 1. The molecule has 1 aromatic heterocycles. The van der Waals surface area contributed by atoms with Crippen LogP contribution in [0.3, 0.4) is 0 Å². The molecule has 3 aromatic rings. The maximum atomic E-state index is 5.84. The van der Waals surface area contributed by atoms with Crippen LogP contribution in [0.15, 0.2) is 76.2 Å². The summed E-state index contributed by atoms with van der Waals surface area (Å²) in [5, 5.41) is 10.5. The van der Waals surface area contributed by atoms with Crippen LogP contribution in [0.4, 0.5) is 11.4 Å². The van der Waals surface area contributed by atoms with E-state index in [1.165, 1.54) is 24.1 Å². The summed E-state index contributed by atoms with van der Waals surface area (Å²) < 4.78 is 5.84. The van der Waals surface area contributed by atoms with Gasteiger partial charge < -0.3 is 9.73 Å². The van der Waals surface area contributed by atoms with Crippen LogP contribution in [-0.4, -0.2) is 12.3 Å². The van der Waals surface area contributed by atoms with Gasteiger partial charge in [-0.05, 0) is 55.3 Å². The molecule has 2 heterocycles. The Morgan fingerprint density at radius 1 is 1.04 bits per heavy atom. The molecule has 28 heavy (non-hydrogen) atoms. The number of hydrogen-bond donors (Lipinski definition) is 1. The summed E-state index contributed by atoms with van der Waals surface area (Å²) >= 11 is 0. The third-order valence-corrected chi connectivity index (χ3v) is 5.11. The monoisotopic (exact) mass is 373 g/mol. The smallest absolute Gasteiger partial charge is 0.150 e. The molecule has 0 fully saturated rings. The molecule has 0 aliphatic carbocycles. The molecule has 4 heteroatoms. The second kappa shape index (κ2) is 8.34. The zero-order valence-electron chi connectivity index (χ0n) is 16.6. The molecular formula is C24H27N3O. The third-order valence-electron chi connectivity index (χ3n) is 5.11. The fourth-order valence-corrected chi connectivity index (χ4v) is 3.56. The van der Waals surface area contributed by atoms with Crippen LogP contribution in [0.25, 0.3) is 0 Å². The molecule has 1 atom stereocenters. The Bertz CT molecular complexity index is 928. The molecule has 1 aliphatic rings. The number of hydrazone groups is 1. The summed E-state index contributed by atoms with van der Waals surface area (Å²) in [4.78, 5) is 0. The van der Waals surface area contributed by atoms with Crippen molar-refractivity contribution in [2.45, 2.75) is 39.2 Å². The van der Waals surface area contributed by atoms with Crippen molar-refractivity contribution in [3.05, 3.63) is 83.8 Å². The van der Waals surface area contributed by atoms with Crippen molar-refractivity contribution in [3.63, 3.8) is 0 Å². The average molecular weight is 374 g/mol. The number of nitrogens with zero attached hydrogens (tertiary/aromatic N) is 2. The minimum atomic E-state index is 0.160. The molecule has 1 aliphatic heterocycles. The highest BCUT2D eigenvalue weighted by Crippen LogP contribution is 2.37. The van der Waals surface area contributed by atoms with Crippen molar-refractivity contribution in [2.75, 3.05) is 16.9 Å². The van der Waals surface area contributed by atoms with E-state index in [2.05, 4.69) is 65.8 Å². The highest BCUT2D eigenvalue weighted by Gasteiger charge is 2.31. The fraction of sp³-hybridized carbons (Fsp3) is 0.292. The lowest BCUT2D eigenvalue weighted by atomic mass is 10.00. The van der Waals surface area contributed by atoms with Gasteiger partial charge in [-0.2, -0.15) is 5.10 Å². The minimum absolute atomic E-state index is 0.160. The molecule has 144 valence electrons. The number of furan rings is 1. The lowest BCUT2D eigenvalue weighted by Gasteiger charge is -2.24. The number of hydrogen-bond acceptors (Lipinski definition) is 4. The van der Waals surface area contributed by atoms with E-state index in [0.29, 0.717) is 0 Å². The second-order valence-electron chi connectivity index (χ2n) is 7.26. The van der Waals surface area contributed by atoms with Crippen LogP contribution < -0.4 is 10.3 Å². The van der Waals surface area contributed by atoms with Gasteiger partial charge in [0, 0.05) is 18.7 Å². The lowest BCUT2D eigenvalue weighted by molar-refractivity contribution is 0.524. The summed E-state index contributed by atoms with van der Waals surface area (Å²) in [7, 11) is 0. The van der Waals surface area contributed by atoms with E-state index in [0.717, 1.165) is 35.9 Å². The van der Waals surface area contributed by atoms with Gasteiger partial charge in [-0.3, -0.25) is 5.01 Å². The van der Waals surface area contributed by atoms with Crippen LogP contribution in [0.1, 0.15) is 49.3 Å². The lowest BCUT2D eigenvalue weighted by Crippen LogP contribution is -2.18. The number of para-hydroxylation sites is 1. The maximum Gasteiger partial charge on any atom is 0.150 e. The number of anilines is 2. The van der Waals surface area contributed by atoms with E-state index in [1.54, 1.807) is 0 Å². The maximum absolute atomic E-state index is 5.84. The molecule has 0 saturated carbocycles. The van der Waals surface area contributed by atoms with E-state index >= 15 is 0 Å². The standard InChI is InChI=1S/C24H27N3O/c1-3-4-16-25-20-13-11-19(12-14-20)23-17-22(24-15-10-18(2)28-24)26-27(23)21-8-6-5-7-9-21/h5-15,23,25H,3-4,16-17H2,1-2H3. The quantitative estimate of drug-likeness (QED) is 0.505. The highest BCUT2D eigenvalue weighted by molar-refractivity contribution is 6.01. The molecule has 1 unspecified atom stereocenters. The van der Waals surface area contributed by atoms with Gasteiger partial charge in [0.25, 0.3) is 0 Å². The molecule has 0 saturated heterocycles. The van der Waals surface area contributed by atoms with E-state index in [9.17, 15) is 0 Å². The van der Waals surface area contributed by atoms with Crippen LogP contribution in [-0.2, 0) is 0 Å².